The lowest BCUT2D eigenvalue weighted by atomic mass is 10.0. The smallest absolute Gasteiger partial charge is 0.0654 e. The van der Waals surface area contributed by atoms with E-state index in [1.807, 2.05) is 0 Å². The Morgan fingerprint density at radius 2 is 0.719 bits per heavy atom. The van der Waals surface area contributed by atoms with Crippen LogP contribution in [0.4, 0.5) is 0 Å². The van der Waals surface area contributed by atoms with Crippen molar-refractivity contribution in [3.8, 4) is 22.3 Å². The van der Waals surface area contributed by atoms with Gasteiger partial charge >= 0.3 is 0 Å². The second-order valence-corrected chi connectivity index (χ2v) is 11.6. The van der Waals surface area contributed by atoms with Gasteiger partial charge in [-0.1, -0.05) is 160 Å². The summed E-state index contributed by atoms with van der Waals surface area (Å²) in [6.45, 7) is 4.56. The first-order chi connectivity index (χ1) is 15.8. The maximum Gasteiger partial charge on any atom is 0.0807 e. The van der Waals surface area contributed by atoms with Gasteiger partial charge in [-0.15, -0.1) is 0 Å². The Bertz CT molecular complexity index is 803. The third-order valence-electron chi connectivity index (χ3n) is 6.04. The van der Waals surface area contributed by atoms with Gasteiger partial charge in [-0.05, 0) is 22.3 Å². The molecule has 0 aliphatic heterocycles. The zero-order valence-corrected chi connectivity index (χ0v) is 22.0. The normalized spacial score (nSPS) is 11.1. The largest absolute Gasteiger partial charge is 0.0807 e. The van der Waals surface area contributed by atoms with Crippen molar-refractivity contribution in [2.75, 3.05) is 0 Å². The molecule has 0 heterocycles. The van der Waals surface area contributed by atoms with Crippen LogP contribution < -0.4 is 10.4 Å². The van der Waals surface area contributed by atoms with Crippen LogP contribution in [0.25, 0.3) is 22.3 Å². The summed E-state index contributed by atoms with van der Waals surface area (Å²) in [6, 6.07) is 30.2. The fourth-order valence-electron chi connectivity index (χ4n) is 3.99. The Hall–Kier alpha value is -1.91. The van der Waals surface area contributed by atoms with Crippen molar-refractivity contribution in [3.63, 3.8) is 0 Å². The number of unbranched alkanes of at least 4 members (excludes halogenated alkanes) is 6. The minimum Gasteiger partial charge on any atom is -0.0654 e. The van der Waals surface area contributed by atoms with E-state index in [1.54, 1.807) is 0 Å². The summed E-state index contributed by atoms with van der Waals surface area (Å²) < 4.78 is 0. The molecule has 0 amide bonds. The van der Waals surface area contributed by atoms with Crippen molar-refractivity contribution in [2.45, 2.75) is 77.3 Å². The molecule has 4 radical (unpaired) electrons. The second-order valence-electron chi connectivity index (χ2n) is 8.71. The Kier molecular flexibility index (Phi) is 11.0. The molecular formula is C30H38Si2. The summed E-state index contributed by atoms with van der Waals surface area (Å²) in [5.41, 5.74) is 5.24. The van der Waals surface area contributed by atoms with Gasteiger partial charge in [0.25, 0.3) is 0 Å². The highest BCUT2D eigenvalue weighted by Crippen LogP contribution is 2.24. The second kappa shape index (κ2) is 14.3. The molecular weight excluding hydrogens is 417 g/mol. The van der Waals surface area contributed by atoms with Crippen molar-refractivity contribution >= 4 is 29.4 Å². The molecule has 0 N–H and O–H groups in total. The standard InChI is InChI=1S/C30H38Si2/c1-3-5-7-9-23-31-29-19-15-27(16-20-29)25-11-13-26(14-12-25)28-17-21-30(22-18-28)32-24-10-8-6-4-2/h11-22H,3-10,23-24H2,1-2H3. The molecule has 0 saturated carbocycles. The molecule has 0 aliphatic carbocycles. The van der Waals surface area contributed by atoms with E-state index >= 15 is 0 Å². The molecule has 0 aliphatic rings. The van der Waals surface area contributed by atoms with Gasteiger partial charge in [0.1, 0.15) is 0 Å². The van der Waals surface area contributed by atoms with Gasteiger partial charge in [0.05, 0.1) is 19.0 Å². The van der Waals surface area contributed by atoms with Crippen molar-refractivity contribution < 1.29 is 0 Å². The fraction of sp³-hybridized carbons (Fsp3) is 0.400. The molecule has 0 fully saturated rings. The zero-order chi connectivity index (χ0) is 22.4. The first-order valence-electron chi connectivity index (χ1n) is 12.6. The average Bonchev–Trinajstić information content (AvgIpc) is 2.85. The van der Waals surface area contributed by atoms with E-state index in [4.69, 9.17) is 0 Å². The quantitative estimate of drug-likeness (QED) is 0.173. The van der Waals surface area contributed by atoms with E-state index in [0.29, 0.717) is 0 Å². The van der Waals surface area contributed by atoms with Crippen LogP contribution in [-0.2, 0) is 0 Å². The van der Waals surface area contributed by atoms with Crippen LogP contribution in [0.15, 0.2) is 72.8 Å². The van der Waals surface area contributed by atoms with Crippen LogP contribution in [-0.4, -0.2) is 19.0 Å². The average molecular weight is 455 g/mol. The van der Waals surface area contributed by atoms with Crippen LogP contribution in [0.5, 0.6) is 0 Å². The van der Waals surface area contributed by atoms with Gasteiger partial charge in [0.15, 0.2) is 0 Å². The van der Waals surface area contributed by atoms with Crippen LogP contribution in [0.3, 0.4) is 0 Å². The van der Waals surface area contributed by atoms with E-state index < -0.39 is 0 Å². The topological polar surface area (TPSA) is 0 Å². The van der Waals surface area contributed by atoms with Crippen molar-refractivity contribution in [2.24, 2.45) is 0 Å². The summed E-state index contributed by atoms with van der Waals surface area (Å²) in [4.78, 5) is 0. The minimum absolute atomic E-state index is 0.947. The third-order valence-corrected chi connectivity index (χ3v) is 8.73. The lowest BCUT2D eigenvalue weighted by Gasteiger charge is -2.07. The maximum atomic E-state index is 2.32. The first kappa shape index (κ1) is 24.7. The predicted molar refractivity (Wildman–Crippen MR) is 146 cm³/mol. The van der Waals surface area contributed by atoms with Gasteiger partial charge in [-0.25, -0.2) is 0 Å². The summed E-state index contributed by atoms with van der Waals surface area (Å²) in [5, 5.41) is 2.99. The van der Waals surface area contributed by atoms with Gasteiger partial charge in [0.2, 0.25) is 0 Å². The molecule has 0 spiro atoms. The van der Waals surface area contributed by atoms with Crippen LogP contribution in [0.2, 0.25) is 12.1 Å². The van der Waals surface area contributed by atoms with Crippen LogP contribution in [0, 0.1) is 0 Å². The highest BCUT2D eigenvalue weighted by molar-refractivity contribution is 6.53. The van der Waals surface area contributed by atoms with E-state index in [0.717, 1.165) is 19.0 Å². The first-order valence-corrected chi connectivity index (χ1v) is 15.0. The summed E-state index contributed by atoms with van der Waals surface area (Å²) >= 11 is 0. The zero-order valence-electron chi connectivity index (χ0n) is 20.0. The molecule has 32 heavy (non-hydrogen) atoms. The van der Waals surface area contributed by atoms with Crippen molar-refractivity contribution in [3.05, 3.63) is 72.8 Å². The molecule has 0 atom stereocenters. The Morgan fingerprint density at radius 3 is 1.03 bits per heavy atom. The SMILES string of the molecule is CCCCCC[Si]c1ccc(-c2ccc(-c3ccc([Si]CCCCCC)cc3)cc2)cc1. The number of rotatable bonds is 14. The highest BCUT2D eigenvalue weighted by Gasteiger charge is 2.03. The van der Waals surface area contributed by atoms with Gasteiger partial charge in [-0.2, -0.15) is 0 Å². The number of benzene rings is 3. The lowest BCUT2D eigenvalue weighted by Crippen LogP contribution is -2.12. The van der Waals surface area contributed by atoms with Crippen LogP contribution in [0.1, 0.15) is 65.2 Å². The molecule has 0 bridgehead atoms. The monoisotopic (exact) mass is 454 g/mol. The minimum atomic E-state index is 0.947. The molecule has 166 valence electrons. The molecule has 0 nitrogen and oxygen atoms in total. The molecule has 3 rings (SSSR count). The summed E-state index contributed by atoms with van der Waals surface area (Å²) in [6.07, 6.45) is 10.9. The van der Waals surface area contributed by atoms with Crippen molar-refractivity contribution in [1.29, 1.82) is 0 Å². The summed E-state index contributed by atoms with van der Waals surface area (Å²) in [5.74, 6) is 0. The highest BCUT2D eigenvalue weighted by atomic mass is 28.2. The Morgan fingerprint density at radius 1 is 0.406 bits per heavy atom. The summed E-state index contributed by atoms with van der Waals surface area (Å²) in [7, 11) is 1.89. The van der Waals surface area contributed by atoms with E-state index in [2.05, 4.69) is 86.6 Å². The third kappa shape index (κ3) is 8.22. The van der Waals surface area contributed by atoms with Gasteiger partial charge in [0, 0.05) is 0 Å². The number of hydrogen-bond acceptors (Lipinski definition) is 0. The fourth-order valence-corrected chi connectivity index (χ4v) is 6.22. The molecule has 0 aromatic heterocycles. The van der Waals surface area contributed by atoms with E-state index in [-0.39, 0.29) is 0 Å². The molecule has 2 heteroatoms. The predicted octanol–water partition coefficient (Wildman–Crippen LogP) is 7.68. The Labute approximate surface area is 201 Å². The van der Waals surface area contributed by atoms with Crippen LogP contribution >= 0.6 is 0 Å². The van der Waals surface area contributed by atoms with E-state index in [9.17, 15) is 0 Å². The lowest BCUT2D eigenvalue weighted by molar-refractivity contribution is 0.701. The molecule has 3 aromatic carbocycles. The molecule has 0 saturated heterocycles. The number of hydrogen-bond donors (Lipinski definition) is 0. The van der Waals surface area contributed by atoms with Gasteiger partial charge < -0.3 is 0 Å². The van der Waals surface area contributed by atoms with E-state index in [1.165, 1.54) is 96.1 Å². The molecule has 0 unspecified atom stereocenters. The van der Waals surface area contributed by atoms with Gasteiger partial charge in [-0.3, -0.25) is 0 Å². The van der Waals surface area contributed by atoms with Crippen molar-refractivity contribution in [1.82, 2.24) is 0 Å². The Balaban J connectivity index is 1.51. The maximum absolute atomic E-state index is 2.32. The molecule has 3 aromatic rings.